The summed E-state index contributed by atoms with van der Waals surface area (Å²) in [6.45, 7) is 2.20. The van der Waals surface area contributed by atoms with E-state index in [1.807, 2.05) is 36.4 Å². The molecular formula is C42H37Cl2N3O7. The van der Waals surface area contributed by atoms with Crippen molar-refractivity contribution in [3.8, 4) is 17.2 Å². The molecule has 2 aliphatic heterocycles. The van der Waals surface area contributed by atoms with Gasteiger partial charge in [-0.2, -0.15) is 5.01 Å². The first-order valence-corrected chi connectivity index (χ1v) is 18.6. The smallest absolute Gasteiger partial charge is 0.260 e. The van der Waals surface area contributed by atoms with Crippen molar-refractivity contribution in [2.45, 2.75) is 37.6 Å². The van der Waals surface area contributed by atoms with Gasteiger partial charge in [-0.1, -0.05) is 89.4 Å². The minimum Gasteiger partial charge on any atom is -0.504 e. The van der Waals surface area contributed by atoms with Gasteiger partial charge in [-0.05, 0) is 73.2 Å². The second kappa shape index (κ2) is 13.8. The molecule has 1 saturated carbocycles. The quantitative estimate of drug-likeness (QED) is 0.135. The average Bonchev–Trinajstić information content (AvgIpc) is 3.54. The number of allylic oxidation sites excluding steroid dienone is 2. The Morgan fingerprint density at radius 3 is 2.35 bits per heavy atom. The summed E-state index contributed by atoms with van der Waals surface area (Å²) >= 11 is 12.7. The van der Waals surface area contributed by atoms with E-state index in [-0.39, 0.29) is 60.0 Å². The lowest BCUT2D eigenvalue weighted by atomic mass is 9.49. The molecule has 2 heterocycles. The van der Waals surface area contributed by atoms with Crippen LogP contribution in [0.5, 0.6) is 17.2 Å². The standard InChI is InChI=1S/C42H37Cl2N3O7/c1-3-54-34-11-7-10-29(37(34)48)36-27-17-18-28-35(40(51)46(38(28)49)22-23-8-5-4-6-9-23)30(27)21-31-39(50)47(45-33-19-14-25(43)20-32(33)44)41(52)42(31,36)24-12-15-26(53-2)16-13-24/h4-17,19-20,28,30-31,35-36,45,48H,3,18,21-22H2,1-2H3/t28-,30+,31-,35-,36+,42+/m0/s1. The summed E-state index contributed by atoms with van der Waals surface area (Å²) in [6, 6.07) is 26.1. The van der Waals surface area contributed by atoms with Crippen molar-refractivity contribution < 1.29 is 33.8 Å². The Balaban J connectivity index is 1.33. The summed E-state index contributed by atoms with van der Waals surface area (Å²) in [5.74, 6) is -5.09. The zero-order chi connectivity index (χ0) is 37.9. The van der Waals surface area contributed by atoms with Crippen LogP contribution in [0, 0.1) is 23.7 Å². The van der Waals surface area contributed by atoms with Crippen LogP contribution in [0.25, 0.3) is 0 Å². The Morgan fingerprint density at radius 2 is 1.65 bits per heavy atom. The number of hydrogen-bond donors (Lipinski definition) is 2. The lowest BCUT2D eigenvalue weighted by Gasteiger charge is -2.50. The third kappa shape index (κ3) is 5.45. The summed E-state index contributed by atoms with van der Waals surface area (Å²) in [5, 5.41) is 13.5. The molecule has 0 radical (unpaired) electrons. The van der Waals surface area contributed by atoms with Crippen molar-refractivity contribution in [3.05, 3.63) is 129 Å². The highest BCUT2D eigenvalue weighted by molar-refractivity contribution is 6.36. The molecular weight excluding hydrogens is 729 g/mol. The predicted molar refractivity (Wildman–Crippen MR) is 202 cm³/mol. The molecule has 2 aliphatic carbocycles. The molecule has 54 heavy (non-hydrogen) atoms. The molecule has 12 heteroatoms. The lowest BCUT2D eigenvalue weighted by Crippen LogP contribution is -2.53. The topological polar surface area (TPSA) is 125 Å². The normalized spacial score (nSPS) is 25.9. The molecule has 10 nitrogen and oxygen atoms in total. The summed E-state index contributed by atoms with van der Waals surface area (Å²) in [4.78, 5) is 60.2. The first kappa shape index (κ1) is 35.7. The lowest BCUT2D eigenvalue weighted by molar-refractivity contribution is -0.142. The van der Waals surface area contributed by atoms with Crippen LogP contribution < -0.4 is 14.9 Å². The fourth-order valence-corrected chi connectivity index (χ4v) is 9.67. The number of benzene rings is 4. The Labute approximate surface area is 322 Å². The van der Waals surface area contributed by atoms with Crippen molar-refractivity contribution in [1.82, 2.24) is 9.91 Å². The number of fused-ring (bicyclic) bond motifs is 4. The van der Waals surface area contributed by atoms with Crippen LogP contribution in [0.4, 0.5) is 5.69 Å². The third-order valence-corrected chi connectivity index (χ3v) is 12.0. The number of likely N-dealkylation sites (tertiary alicyclic amines) is 1. The second-order valence-corrected chi connectivity index (χ2v) is 14.9. The summed E-state index contributed by atoms with van der Waals surface area (Å²) in [6.07, 6.45) is 2.30. The molecule has 4 aliphatic rings. The van der Waals surface area contributed by atoms with E-state index < -0.39 is 46.8 Å². The number of hydrazine groups is 1. The van der Waals surface area contributed by atoms with E-state index in [4.69, 9.17) is 32.7 Å². The van der Waals surface area contributed by atoms with Crippen molar-refractivity contribution in [3.63, 3.8) is 0 Å². The molecule has 0 aromatic heterocycles. The van der Waals surface area contributed by atoms with E-state index in [0.29, 0.717) is 27.5 Å². The second-order valence-electron chi connectivity index (χ2n) is 14.1. The number of para-hydroxylation sites is 1. The van der Waals surface area contributed by atoms with Gasteiger partial charge in [0, 0.05) is 16.5 Å². The number of ether oxygens (including phenoxy) is 2. The molecule has 6 atom stereocenters. The zero-order valence-corrected chi connectivity index (χ0v) is 31.0. The highest BCUT2D eigenvalue weighted by atomic mass is 35.5. The number of carbonyl (C=O) groups excluding carboxylic acids is 4. The molecule has 4 aromatic carbocycles. The van der Waals surface area contributed by atoms with E-state index in [1.54, 1.807) is 61.5 Å². The first-order chi connectivity index (χ1) is 26.1. The molecule has 4 amide bonds. The van der Waals surface area contributed by atoms with E-state index >= 15 is 4.79 Å². The molecule has 8 rings (SSSR count). The number of halogens is 2. The maximum Gasteiger partial charge on any atom is 0.260 e. The average molecular weight is 767 g/mol. The number of nitrogens with one attached hydrogen (secondary N) is 1. The fourth-order valence-electron chi connectivity index (χ4n) is 9.22. The molecule has 0 bridgehead atoms. The van der Waals surface area contributed by atoms with Gasteiger partial charge in [0.2, 0.25) is 11.8 Å². The third-order valence-electron chi connectivity index (χ3n) is 11.5. The van der Waals surface area contributed by atoms with E-state index in [2.05, 4.69) is 5.43 Å². The Bertz CT molecular complexity index is 2210. The number of phenolic OH excluding ortho intramolecular Hbond substituents is 1. The Kier molecular flexibility index (Phi) is 9.14. The van der Waals surface area contributed by atoms with Gasteiger partial charge in [-0.25, -0.2) is 0 Å². The molecule has 0 unspecified atom stereocenters. The van der Waals surface area contributed by atoms with Crippen LogP contribution in [-0.2, 0) is 31.1 Å². The molecule has 276 valence electrons. The summed E-state index contributed by atoms with van der Waals surface area (Å²) < 4.78 is 11.3. The van der Waals surface area contributed by atoms with E-state index in [1.165, 1.54) is 18.1 Å². The maximum absolute atomic E-state index is 15.5. The number of methoxy groups -OCH3 is 1. The van der Waals surface area contributed by atoms with Gasteiger partial charge >= 0.3 is 0 Å². The molecule has 3 fully saturated rings. The van der Waals surface area contributed by atoms with Crippen LogP contribution >= 0.6 is 23.2 Å². The van der Waals surface area contributed by atoms with Crippen molar-refractivity contribution in [2.75, 3.05) is 19.1 Å². The first-order valence-electron chi connectivity index (χ1n) is 17.9. The van der Waals surface area contributed by atoms with Gasteiger partial charge in [0.1, 0.15) is 5.75 Å². The number of anilines is 1. The highest BCUT2D eigenvalue weighted by Crippen LogP contribution is 2.65. The van der Waals surface area contributed by atoms with Gasteiger partial charge in [-0.15, -0.1) is 0 Å². The monoisotopic (exact) mass is 765 g/mol. The molecule has 4 aromatic rings. The summed E-state index contributed by atoms with van der Waals surface area (Å²) in [7, 11) is 1.54. The van der Waals surface area contributed by atoms with Crippen molar-refractivity contribution in [1.29, 1.82) is 0 Å². The molecule has 2 N–H and O–H groups in total. The van der Waals surface area contributed by atoms with Crippen LogP contribution in [0.15, 0.2) is 103 Å². The number of phenols is 1. The number of nitrogens with zero attached hydrogens (tertiary/aromatic N) is 2. The largest absolute Gasteiger partial charge is 0.504 e. The number of rotatable bonds is 9. The van der Waals surface area contributed by atoms with Gasteiger partial charge in [0.15, 0.2) is 11.5 Å². The Hall–Kier alpha value is -5.32. The molecule has 0 spiro atoms. The minimum absolute atomic E-state index is 0.0940. The number of hydrogen-bond acceptors (Lipinski definition) is 8. The van der Waals surface area contributed by atoms with Crippen LogP contribution in [-0.4, -0.2) is 52.4 Å². The predicted octanol–water partition coefficient (Wildman–Crippen LogP) is 7.29. The number of imide groups is 2. The maximum atomic E-state index is 15.5. The van der Waals surface area contributed by atoms with E-state index in [0.717, 1.165) is 10.6 Å². The minimum atomic E-state index is -1.62. The van der Waals surface area contributed by atoms with Crippen molar-refractivity contribution >= 4 is 52.5 Å². The fraction of sp³-hybridized carbons (Fsp3) is 0.286. The van der Waals surface area contributed by atoms with Gasteiger partial charge in [-0.3, -0.25) is 29.5 Å². The van der Waals surface area contributed by atoms with Crippen LogP contribution in [0.1, 0.15) is 42.4 Å². The number of carbonyl (C=O) groups is 4. The highest BCUT2D eigenvalue weighted by Gasteiger charge is 2.70. The van der Waals surface area contributed by atoms with E-state index in [9.17, 15) is 19.5 Å². The van der Waals surface area contributed by atoms with Crippen molar-refractivity contribution in [2.24, 2.45) is 23.7 Å². The van der Waals surface area contributed by atoms with Crippen LogP contribution in [0.3, 0.4) is 0 Å². The van der Waals surface area contributed by atoms with Gasteiger partial charge in [0.05, 0.1) is 54.1 Å². The van der Waals surface area contributed by atoms with Crippen LogP contribution in [0.2, 0.25) is 10.0 Å². The van der Waals surface area contributed by atoms with Gasteiger partial charge < -0.3 is 14.6 Å². The van der Waals surface area contributed by atoms with Gasteiger partial charge in [0.25, 0.3) is 11.8 Å². The number of amides is 4. The zero-order valence-electron chi connectivity index (χ0n) is 29.5. The Morgan fingerprint density at radius 1 is 0.889 bits per heavy atom. The SMILES string of the molecule is CCOc1cccc([C@H]2C3=CC[C@@H]4C(=O)N(Cc5ccccc5)C(=O)[C@@H]4[C@@H]3C[C@H]3C(=O)N(Nc4ccc(Cl)cc4Cl)C(=O)[C@@]23c2ccc(OC)cc2)c1O. The summed E-state index contributed by atoms with van der Waals surface area (Å²) in [5.41, 5.74) is 4.07. The molecule has 2 saturated heterocycles. The number of aromatic hydroxyl groups is 1.